The molecule has 3 N–H and O–H groups in total. The minimum absolute atomic E-state index is 0.248. The lowest BCUT2D eigenvalue weighted by Gasteiger charge is -2.40. The fourth-order valence-electron chi connectivity index (χ4n) is 4.18. The van der Waals surface area contributed by atoms with E-state index in [0.717, 1.165) is 77.5 Å². The predicted molar refractivity (Wildman–Crippen MR) is 127 cm³/mol. The number of piperazine rings is 1. The van der Waals surface area contributed by atoms with Gasteiger partial charge in [0.15, 0.2) is 5.96 Å². The van der Waals surface area contributed by atoms with Crippen molar-refractivity contribution in [1.29, 1.82) is 0 Å². The maximum atomic E-state index is 9.26. The Balaban J connectivity index is 1.83. The second-order valence-corrected chi connectivity index (χ2v) is 8.39. The third kappa shape index (κ3) is 8.62. The first kappa shape index (κ1) is 24.6. The second kappa shape index (κ2) is 14.4. The molecule has 1 heterocycles. The van der Waals surface area contributed by atoms with Crippen molar-refractivity contribution in [3.8, 4) is 0 Å². The smallest absolute Gasteiger partial charge is 0.191 e. The van der Waals surface area contributed by atoms with Gasteiger partial charge in [0.25, 0.3) is 0 Å². The fraction of sp³-hybridized carbons (Fsp3) is 0.708. The van der Waals surface area contributed by atoms with Gasteiger partial charge < -0.3 is 20.6 Å². The van der Waals surface area contributed by atoms with Gasteiger partial charge in [0.05, 0.1) is 0 Å². The van der Waals surface area contributed by atoms with E-state index in [1.54, 1.807) is 0 Å². The van der Waals surface area contributed by atoms with Crippen LogP contribution in [0.5, 0.6) is 0 Å². The molecule has 1 aromatic carbocycles. The van der Waals surface area contributed by atoms with Gasteiger partial charge in [0.2, 0.25) is 0 Å². The molecule has 2 atom stereocenters. The molecule has 170 valence electrons. The monoisotopic (exact) mass is 417 g/mol. The molecule has 0 amide bonds. The first-order valence-corrected chi connectivity index (χ1v) is 11.8. The van der Waals surface area contributed by atoms with Crippen molar-refractivity contribution >= 4 is 5.96 Å². The number of hydrogen-bond donors (Lipinski definition) is 3. The number of benzene rings is 1. The highest BCUT2D eigenvalue weighted by molar-refractivity contribution is 5.79. The fourth-order valence-corrected chi connectivity index (χ4v) is 4.18. The van der Waals surface area contributed by atoms with E-state index in [1.165, 1.54) is 5.56 Å². The summed E-state index contributed by atoms with van der Waals surface area (Å²) in [4.78, 5) is 9.83. The quantitative estimate of drug-likeness (QED) is 0.277. The molecule has 0 bridgehead atoms. The van der Waals surface area contributed by atoms with Gasteiger partial charge in [-0.1, -0.05) is 43.7 Å². The number of aliphatic hydroxyl groups is 1. The molecule has 2 rings (SSSR count). The predicted octanol–water partition coefficient (Wildman–Crippen LogP) is 2.72. The zero-order valence-electron chi connectivity index (χ0n) is 19.3. The Bertz CT molecular complexity index is 589. The summed E-state index contributed by atoms with van der Waals surface area (Å²) in [5.74, 6) is 1.36. The molecule has 0 spiro atoms. The average Bonchev–Trinajstić information content (AvgIpc) is 2.76. The third-order valence-electron chi connectivity index (χ3n) is 5.88. The molecule has 6 heteroatoms. The van der Waals surface area contributed by atoms with E-state index in [0.29, 0.717) is 12.0 Å². The Hall–Kier alpha value is -1.63. The van der Waals surface area contributed by atoms with Gasteiger partial charge in [0.1, 0.15) is 0 Å². The summed E-state index contributed by atoms with van der Waals surface area (Å²) in [6.07, 6.45) is 4.18. The van der Waals surface area contributed by atoms with Gasteiger partial charge in [0, 0.05) is 58.5 Å². The lowest BCUT2D eigenvalue weighted by molar-refractivity contribution is 0.0891. The minimum atomic E-state index is 0.248. The summed E-state index contributed by atoms with van der Waals surface area (Å²) >= 11 is 0. The summed E-state index contributed by atoms with van der Waals surface area (Å²) in [5.41, 5.74) is 1.41. The molecule has 0 radical (unpaired) electrons. The Kier molecular flexibility index (Phi) is 11.8. The van der Waals surface area contributed by atoms with Gasteiger partial charge in [-0.15, -0.1) is 0 Å². The summed E-state index contributed by atoms with van der Waals surface area (Å²) in [7, 11) is 2.22. The normalized spacial score (nSPS) is 19.6. The first-order valence-electron chi connectivity index (χ1n) is 11.8. The zero-order valence-corrected chi connectivity index (χ0v) is 19.3. The summed E-state index contributed by atoms with van der Waals surface area (Å²) in [6.45, 7) is 11.5. The van der Waals surface area contributed by atoms with E-state index in [1.807, 2.05) is 0 Å². The highest BCUT2D eigenvalue weighted by Crippen LogP contribution is 2.24. The number of rotatable bonds is 12. The second-order valence-electron chi connectivity index (χ2n) is 8.39. The van der Waals surface area contributed by atoms with Gasteiger partial charge >= 0.3 is 0 Å². The van der Waals surface area contributed by atoms with Gasteiger partial charge in [-0.2, -0.15) is 0 Å². The maximum Gasteiger partial charge on any atom is 0.191 e. The number of hydrogen-bond acceptors (Lipinski definition) is 4. The molecule has 1 aliphatic rings. The number of aliphatic imine (C=N–C) groups is 1. The van der Waals surface area contributed by atoms with E-state index in [2.05, 4.69) is 71.7 Å². The Morgan fingerprint density at radius 3 is 2.67 bits per heavy atom. The molecule has 0 aromatic heterocycles. The van der Waals surface area contributed by atoms with Crippen LogP contribution in [0.3, 0.4) is 0 Å². The highest BCUT2D eigenvalue weighted by atomic mass is 16.3. The Labute approximate surface area is 183 Å². The molecule has 0 saturated carbocycles. The zero-order chi connectivity index (χ0) is 21.6. The standard InChI is InChI=1S/C24H43N5O/c1-4-10-21(13-18-30)19-27-24(25-5-2)26-14-9-15-29-17-16-28(3)20-23(29)22-11-7-6-8-12-22/h6-8,11-12,21,23,30H,4-5,9-10,13-20H2,1-3H3,(H2,25,26,27). The molecule has 6 nitrogen and oxygen atoms in total. The van der Waals surface area contributed by atoms with Crippen LogP contribution < -0.4 is 10.6 Å². The molecular weight excluding hydrogens is 374 g/mol. The van der Waals surface area contributed by atoms with Crippen molar-refractivity contribution in [2.24, 2.45) is 10.9 Å². The molecule has 30 heavy (non-hydrogen) atoms. The number of aliphatic hydroxyl groups excluding tert-OH is 1. The van der Waals surface area contributed by atoms with Gasteiger partial charge in [-0.3, -0.25) is 9.89 Å². The SMILES string of the molecule is CCCC(CCO)CN=C(NCC)NCCCN1CCN(C)CC1c1ccccc1. The van der Waals surface area contributed by atoms with E-state index >= 15 is 0 Å². The highest BCUT2D eigenvalue weighted by Gasteiger charge is 2.25. The largest absolute Gasteiger partial charge is 0.396 e. The molecule has 1 aliphatic heterocycles. The number of guanidine groups is 1. The van der Waals surface area contributed by atoms with Crippen LogP contribution in [0.1, 0.15) is 51.1 Å². The van der Waals surface area contributed by atoms with Crippen LogP contribution in [0, 0.1) is 5.92 Å². The molecule has 1 saturated heterocycles. The topological polar surface area (TPSA) is 63.1 Å². The molecular formula is C24H43N5O. The van der Waals surface area contributed by atoms with Crippen molar-refractivity contribution in [1.82, 2.24) is 20.4 Å². The van der Waals surface area contributed by atoms with Crippen LogP contribution in [-0.2, 0) is 0 Å². The first-order chi connectivity index (χ1) is 14.7. The van der Waals surface area contributed by atoms with Crippen LogP contribution in [0.2, 0.25) is 0 Å². The average molecular weight is 418 g/mol. The maximum absolute atomic E-state index is 9.26. The summed E-state index contributed by atoms with van der Waals surface area (Å²) in [6, 6.07) is 11.4. The van der Waals surface area contributed by atoms with Crippen LogP contribution in [0.4, 0.5) is 0 Å². The lowest BCUT2D eigenvalue weighted by Crippen LogP contribution is -2.47. The van der Waals surface area contributed by atoms with E-state index in [-0.39, 0.29) is 6.61 Å². The molecule has 0 aliphatic carbocycles. The number of nitrogens with one attached hydrogen (secondary N) is 2. The lowest BCUT2D eigenvalue weighted by atomic mass is 10.0. The van der Waals surface area contributed by atoms with Crippen LogP contribution in [0.25, 0.3) is 0 Å². The van der Waals surface area contributed by atoms with Crippen molar-refractivity contribution in [3.05, 3.63) is 35.9 Å². The van der Waals surface area contributed by atoms with E-state index in [9.17, 15) is 5.11 Å². The Morgan fingerprint density at radius 2 is 1.97 bits per heavy atom. The summed E-state index contributed by atoms with van der Waals surface area (Å²) < 4.78 is 0. The molecule has 2 unspecified atom stereocenters. The number of nitrogens with zero attached hydrogens (tertiary/aromatic N) is 3. The Morgan fingerprint density at radius 1 is 1.17 bits per heavy atom. The van der Waals surface area contributed by atoms with E-state index < -0.39 is 0 Å². The van der Waals surface area contributed by atoms with E-state index in [4.69, 9.17) is 4.99 Å². The summed E-state index contributed by atoms with van der Waals surface area (Å²) in [5, 5.41) is 16.1. The van der Waals surface area contributed by atoms with Crippen LogP contribution in [-0.4, -0.2) is 80.3 Å². The minimum Gasteiger partial charge on any atom is -0.396 e. The molecule has 1 fully saturated rings. The van der Waals surface area contributed by atoms with Crippen molar-refractivity contribution in [2.75, 3.05) is 59.5 Å². The van der Waals surface area contributed by atoms with Crippen LogP contribution in [0.15, 0.2) is 35.3 Å². The molecule has 1 aromatic rings. The van der Waals surface area contributed by atoms with Gasteiger partial charge in [-0.05, 0) is 44.7 Å². The number of likely N-dealkylation sites (N-methyl/N-ethyl adjacent to an activating group) is 1. The third-order valence-corrected chi connectivity index (χ3v) is 5.88. The van der Waals surface area contributed by atoms with Gasteiger partial charge in [-0.25, -0.2) is 0 Å². The van der Waals surface area contributed by atoms with Crippen molar-refractivity contribution in [3.63, 3.8) is 0 Å². The van der Waals surface area contributed by atoms with Crippen molar-refractivity contribution in [2.45, 2.75) is 45.6 Å². The van der Waals surface area contributed by atoms with Crippen molar-refractivity contribution < 1.29 is 5.11 Å². The van der Waals surface area contributed by atoms with Crippen LogP contribution >= 0.6 is 0 Å².